The standard InChI is InChI=1S/C12H15ClN4O/c1-8-5-14-10(9(2)12(8)18-3)6-17-11(4-13)15-7-16-17/h5,7H,4,6H2,1-3H3. The van der Waals surface area contributed by atoms with Crippen molar-refractivity contribution in [2.24, 2.45) is 0 Å². The molecule has 0 radical (unpaired) electrons. The van der Waals surface area contributed by atoms with Crippen molar-refractivity contribution in [1.82, 2.24) is 19.7 Å². The quantitative estimate of drug-likeness (QED) is 0.795. The number of nitrogens with zero attached hydrogens (tertiary/aromatic N) is 4. The van der Waals surface area contributed by atoms with Gasteiger partial charge in [-0.15, -0.1) is 11.6 Å². The summed E-state index contributed by atoms with van der Waals surface area (Å²) in [5.41, 5.74) is 2.96. The van der Waals surface area contributed by atoms with E-state index < -0.39 is 0 Å². The lowest BCUT2D eigenvalue weighted by Crippen LogP contribution is -2.09. The van der Waals surface area contributed by atoms with E-state index >= 15 is 0 Å². The Bertz CT molecular complexity index is 553. The second-order valence-electron chi connectivity index (χ2n) is 4.01. The summed E-state index contributed by atoms with van der Waals surface area (Å²) in [5, 5.41) is 4.14. The molecule has 0 aliphatic carbocycles. The molecule has 0 spiro atoms. The molecule has 2 heterocycles. The van der Waals surface area contributed by atoms with E-state index in [4.69, 9.17) is 16.3 Å². The van der Waals surface area contributed by atoms with Crippen LogP contribution < -0.4 is 4.74 Å². The zero-order valence-corrected chi connectivity index (χ0v) is 11.4. The van der Waals surface area contributed by atoms with Gasteiger partial charge in [0, 0.05) is 17.3 Å². The summed E-state index contributed by atoms with van der Waals surface area (Å²) < 4.78 is 7.13. The molecule has 96 valence electrons. The molecule has 0 aliphatic rings. The van der Waals surface area contributed by atoms with E-state index in [2.05, 4.69) is 15.1 Å². The lowest BCUT2D eigenvalue weighted by Gasteiger charge is -2.12. The molecule has 0 aromatic carbocycles. The second-order valence-corrected chi connectivity index (χ2v) is 4.28. The van der Waals surface area contributed by atoms with Crippen molar-refractivity contribution in [2.45, 2.75) is 26.3 Å². The van der Waals surface area contributed by atoms with E-state index in [-0.39, 0.29) is 0 Å². The van der Waals surface area contributed by atoms with Gasteiger partial charge in [0.2, 0.25) is 0 Å². The molecule has 0 aliphatic heterocycles. The van der Waals surface area contributed by atoms with Gasteiger partial charge in [0.25, 0.3) is 0 Å². The van der Waals surface area contributed by atoms with E-state index in [1.807, 2.05) is 13.8 Å². The summed E-state index contributed by atoms with van der Waals surface area (Å²) in [4.78, 5) is 8.51. The summed E-state index contributed by atoms with van der Waals surface area (Å²) in [5.74, 6) is 1.94. The molecule has 5 nitrogen and oxygen atoms in total. The number of methoxy groups -OCH3 is 1. The summed E-state index contributed by atoms with van der Waals surface area (Å²) in [6.45, 7) is 4.51. The minimum atomic E-state index is 0.335. The van der Waals surface area contributed by atoms with Crippen LogP contribution in [0.15, 0.2) is 12.5 Å². The fourth-order valence-corrected chi connectivity index (χ4v) is 2.10. The van der Waals surface area contributed by atoms with E-state index in [0.717, 1.165) is 28.4 Å². The van der Waals surface area contributed by atoms with E-state index in [1.54, 1.807) is 18.0 Å². The zero-order chi connectivity index (χ0) is 13.1. The smallest absolute Gasteiger partial charge is 0.142 e. The highest BCUT2D eigenvalue weighted by molar-refractivity contribution is 6.16. The summed E-state index contributed by atoms with van der Waals surface area (Å²) in [7, 11) is 1.67. The predicted molar refractivity (Wildman–Crippen MR) is 68.9 cm³/mol. The molecule has 18 heavy (non-hydrogen) atoms. The average Bonchev–Trinajstić information content (AvgIpc) is 2.81. The number of aryl methyl sites for hydroxylation is 1. The van der Waals surface area contributed by atoms with E-state index in [9.17, 15) is 0 Å². The van der Waals surface area contributed by atoms with Gasteiger partial charge in [-0.1, -0.05) is 0 Å². The Kier molecular flexibility index (Phi) is 3.81. The van der Waals surface area contributed by atoms with Gasteiger partial charge in [0.1, 0.15) is 17.9 Å². The molecule has 0 atom stereocenters. The van der Waals surface area contributed by atoms with Crippen molar-refractivity contribution in [3.8, 4) is 5.75 Å². The molecule has 0 bridgehead atoms. The minimum Gasteiger partial charge on any atom is -0.496 e. The van der Waals surface area contributed by atoms with Gasteiger partial charge in [0.15, 0.2) is 0 Å². The molecular weight excluding hydrogens is 252 g/mol. The highest BCUT2D eigenvalue weighted by atomic mass is 35.5. The molecule has 0 N–H and O–H groups in total. The third kappa shape index (κ3) is 2.31. The molecule has 2 aromatic heterocycles. The highest BCUT2D eigenvalue weighted by Crippen LogP contribution is 2.24. The molecule has 0 unspecified atom stereocenters. The summed E-state index contributed by atoms with van der Waals surface area (Å²) in [6, 6.07) is 0. The Morgan fingerprint density at radius 1 is 1.33 bits per heavy atom. The fourth-order valence-electron chi connectivity index (χ4n) is 1.90. The van der Waals surface area contributed by atoms with Crippen LogP contribution in [0.25, 0.3) is 0 Å². The number of hydrogen-bond acceptors (Lipinski definition) is 4. The first-order valence-corrected chi connectivity index (χ1v) is 6.12. The van der Waals surface area contributed by atoms with Crippen molar-refractivity contribution in [2.75, 3.05) is 7.11 Å². The van der Waals surface area contributed by atoms with Gasteiger partial charge in [-0.05, 0) is 13.8 Å². The molecule has 6 heteroatoms. The SMILES string of the molecule is COc1c(C)cnc(Cn2ncnc2CCl)c1C. The summed E-state index contributed by atoms with van der Waals surface area (Å²) in [6.07, 6.45) is 3.30. The number of alkyl halides is 1. The maximum atomic E-state index is 5.79. The van der Waals surface area contributed by atoms with Crippen LogP contribution in [0.3, 0.4) is 0 Å². The Hall–Kier alpha value is -1.62. The van der Waals surface area contributed by atoms with Crippen LogP contribution in [0.1, 0.15) is 22.6 Å². The van der Waals surface area contributed by atoms with Crippen molar-refractivity contribution >= 4 is 11.6 Å². The van der Waals surface area contributed by atoms with Crippen LogP contribution >= 0.6 is 11.6 Å². The van der Waals surface area contributed by atoms with Crippen LogP contribution in [0.2, 0.25) is 0 Å². The monoisotopic (exact) mass is 266 g/mol. The fraction of sp³-hybridized carbons (Fsp3) is 0.417. The first kappa shape index (κ1) is 12.8. The first-order chi connectivity index (χ1) is 8.67. The normalized spacial score (nSPS) is 10.7. The van der Waals surface area contributed by atoms with Gasteiger partial charge in [0.05, 0.1) is 25.2 Å². The molecule has 0 fully saturated rings. The van der Waals surface area contributed by atoms with Crippen molar-refractivity contribution in [3.63, 3.8) is 0 Å². The maximum absolute atomic E-state index is 5.79. The number of hydrogen-bond donors (Lipinski definition) is 0. The number of halogens is 1. The largest absolute Gasteiger partial charge is 0.496 e. The van der Waals surface area contributed by atoms with Gasteiger partial charge in [-0.25, -0.2) is 9.67 Å². The van der Waals surface area contributed by atoms with E-state index in [1.165, 1.54) is 6.33 Å². The van der Waals surface area contributed by atoms with E-state index in [0.29, 0.717) is 12.4 Å². The zero-order valence-electron chi connectivity index (χ0n) is 10.6. The molecule has 0 saturated carbocycles. The Labute approximate surface area is 111 Å². The van der Waals surface area contributed by atoms with Crippen LogP contribution in [-0.2, 0) is 12.4 Å². The van der Waals surface area contributed by atoms with Crippen LogP contribution in [0.4, 0.5) is 0 Å². The van der Waals surface area contributed by atoms with Crippen LogP contribution in [0.5, 0.6) is 5.75 Å². The second kappa shape index (κ2) is 5.35. The number of pyridine rings is 1. The van der Waals surface area contributed by atoms with Gasteiger partial charge in [-0.2, -0.15) is 5.10 Å². The molecule has 0 amide bonds. The van der Waals surface area contributed by atoms with Gasteiger partial charge in [-0.3, -0.25) is 4.98 Å². The Morgan fingerprint density at radius 3 is 2.78 bits per heavy atom. The molecule has 2 rings (SSSR count). The van der Waals surface area contributed by atoms with Crippen molar-refractivity contribution < 1.29 is 4.74 Å². The maximum Gasteiger partial charge on any atom is 0.142 e. The third-order valence-electron chi connectivity index (χ3n) is 2.86. The highest BCUT2D eigenvalue weighted by Gasteiger charge is 2.11. The van der Waals surface area contributed by atoms with Crippen LogP contribution in [0, 0.1) is 13.8 Å². The lowest BCUT2D eigenvalue weighted by molar-refractivity contribution is 0.406. The number of ether oxygens (including phenoxy) is 1. The third-order valence-corrected chi connectivity index (χ3v) is 3.10. The van der Waals surface area contributed by atoms with Crippen LogP contribution in [-0.4, -0.2) is 26.9 Å². The van der Waals surface area contributed by atoms with Gasteiger partial charge < -0.3 is 4.74 Å². The van der Waals surface area contributed by atoms with Crippen molar-refractivity contribution in [3.05, 3.63) is 35.2 Å². The number of aromatic nitrogens is 4. The summed E-state index contributed by atoms with van der Waals surface area (Å²) >= 11 is 5.79. The Morgan fingerprint density at radius 2 is 2.11 bits per heavy atom. The molecule has 0 saturated heterocycles. The first-order valence-electron chi connectivity index (χ1n) is 5.59. The molecule has 2 aromatic rings. The Balaban J connectivity index is 2.35. The predicted octanol–water partition coefficient (Wildman–Crippen LogP) is 2.09. The molecular formula is C12H15ClN4O. The average molecular weight is 267 g/mol. The van der Waals surface area contributed by atoms with Crippen molar-refractivity contribution in [1.29, 1.82) is 0 Å². The van der Waals surface area contributed by atoms with Gasteiger partial charge >= 0.3 is 0 Å². The minimum absolute atomic E-state index is 0.335. The topological polar surface area (TPSA) is 52.8 Å². The number of rotatable bonds is 4. The lowest BCUT2D eigenvalue weighted by atomic mass is 10.1.